The molecule has 64 heavy (non-hydrogen) atoms. The van der Waals surface area contributed by atoms with E-state index in [0.717, 1.165) is 18.9 Å². The van der Waals surface area contributed by atoms with Crippen LogP contribution in [0.25, 0.3) is 0 Å². The van der Waals surface area contributed by atoms with Gasteiger partial charge in [-0.15, -0.1) is 0 Å². The molecule has 3 fully saturated rings. The number of nitrogens with two attached hydrogens (primary N) is 1. The van der Waals surface area contributed by atoms with Crippen molar-refractivity contribution in [2.75, 3.05) is 20.2 Å². The van der Waals surface area contributed by atoms with E-state index in [1.807, 2.05) is 0 Å². The number of alkyl carbamates (subject to hydrolysis) is 2. The smallest absolute Gasteiger partial charge is 0.465 e. The molecule has 25 heteroatoms. The maximum absolute atomic E-state index is 13.5. The van der Waals surface area contributed by atoms with Crippen molar-refractivity contribution in [2.45, 2.75) is 165 Å². The van der Waals surface area contributed by atoms with Crippen LogP contribution in [0.5, 0.6) is 0 Å². The third-order valence-electron chi connectivity index (χ3n) is 10.4. The molecule has 2 heterocycles. The lowest BCUT2D eigenvalue weighted by molar-refractivity contribution is -0.384. The average Bonchev–Trinajstić information content (AvgIpc) is 3.14. The number of hydrogen-bond acceptors (Lipinski definition) is 16. The summed E-state index contributed by atoms with van der Waals surface area (Å²) in [6.45, 7) is 9.46. The highest BCUT2D eigenvalue weighted by Gasteiger charge is 2.56. The van der Waals surface area contributed by atoms with Gasteiger partial charge in [-0.1, -0.05) is 12.1 Å². The van der Waals surface area contributed by atoms with Gasteiger partial charge in [0.1, 0.15) is 41.2 Å². The Morgan fingerprint density at radius 3 is 1.98 bits per heavy atom. The Morgan fingerprint density at radius 2 is 1.47 bits per heavy atom. The van der Waals surface area contributed by atoms with Crippen LogP contribution >= 0.6 is 0 Å². The van der Waals surface area contributed by atoms with Crippen molar-refractivity contribution in [3.8, 4) is 0 Å². The number of nitro benzene ring substituents is 1. The topological polar surface area (TPSA) is 304 Å². The highest BCUT2D eigenvalue weighted by atomic mass is 19.4. The molecular formula is C39H59F3N6O16. The van der Waals surface area contributed by atoms with Gasteiger partial charge in [-0.05, 0) is 73.3 Å². The SMILES string of the molecule is CN(C(=O)C(F)(F)F)[C@@H]1[C@@H](O)[C@@H](O[C@@H]2[C@@H](O)[C@H](O[C@H]3O[C@H](CN(Cc4ccc([N+](=O)[O-])cc4)C(=O)O)CC[C@H]3NC(=O)OC(C)(C)C)[C@@H](NC(=O)OC(C)(C)C)C[C@H]2N)OC[C@]1(C)O. The number of non-ortho nitro benzene ring substituents is 1. The second-order valence-corrected chi connectivity index (χ2v) is 18.3. The van der Waals surface area contributed by atoms with Crippen molar-refractivity contribution < 1.29 is 86.1 Å². The third-order valence-corrected chi connectivity index (χ3v) is 10.4. The van der Waals surface area contributed by atoms with Crippen LogP contribution < -0.4 is 16.4 Å². The van der Waals surface area contributed by atoms with Gasteiger partial charge in [0.2, 0.25) is 0 Å². The van der Waals surface area contributed by atoms with E-state index in [2.05, 4.69) is 10.6 Å². The van der Waals surface area contributed by atoms with E-state index in [0.29, 0.717) is 5.56 Å². The number of carboxylic acid groups (broad SMARTS) is 1. The molecule has 12 atom stereocenters. The number of nitrogens with one attached hydrogen (secondary N) is 2. The van der Waals surface area contributed by atoms with Crippen molar-refractivity contribution in [2.24, 2.45) is 5.73 Å². The summed E-state index contributed by atoms with van der Waals surface area (Å²) in [5.41, 5.74) is 2.53. The maximum Gasteiger partial charge on any atom is 0.471 e. The molecule has 22 nitrogen and oxygen atoms in total. The van der Waals surface area contributed by atoms with Crippen LogP contribution in [0.1, 0.15) is 73.3 Å². The number of rotatable bonds is 12. The number of halogens is 3. The number of carbonyl (C=O) groups excluding carboxylic acids is 3. The standard InChI is InChI=1S/C39H59F3N6O16/c1-36(2,3)63-33(52)44-23-14-13-21(17-47(35(54)55)16-19-9-11-20(12-10-19)48(57)58)60-30(23)62-28-24(45-34(53)64-37(4,5)6)15-22(43)27(25(28)49)61-31-26(50)29(38(7,56)18-59-31)46(8)32(51)39(40,41)42/h9-12,21-31,49-50,56H,13-18,43H2,1-8H3,(H,44,52)(H,45,53)(H,54,55)/t21-,22+,23+,24-,25+,26+,27-,28+,29+,30+,31+,38-/m0/s1. The van der Waals surface area contributed by atoms with Gasteiger partial charge in [0.25, 0.3) is 5.69 Å². The zero-order valence-electron chi connectivity index (χ0n) is 36.6. The Hall–Kier alpha value is -4.63. The Bertz CT molecular complexity index is 1810. The number of alkyl halides is 3. The summed E-state index contributed by atoms with van der Waals surface area (Å²) in [5.74, 6) is -2.38. The van der Waals surface area contributed by atoms with Gasteiger partial charge in [-0.25, -0.2) is 14.4 Å². The molecule has 0 radical (unpaired) electrons. The number of likely N-dealkylation sites (N-methyl/N-ethyl adjacent to an activating group) is 1. The van der Waals surface area contributed by atoms with Crippen LogP contribution in [0.15, 0.2) is 24.3 Å². The molecule has 4 rings (SSSR count). The van der Waals surface area contributed by atoms with Crippen LogP contribution in [0.4, 0.5) is 33.2 Å². The maximum atomic E-state index is 13.5. The summed E-state index contributed by atoms with van der Waals surface area (Å²) < 4.78 is 75.4. The molecule has 0 unspecified atom stereocenters. The van der Waals surface area contributed by atoms with Crippen molar-refractivity contribution >= 4 is 29.9 Å². The minimum absolute atomic E-state index is 0.0829. The first-order valence-electron chi connectivity index (χ1n) is 20.3. The minimum atomic E-state index is -5.38. The average molecular weight is 925 g/mol. The van der Waals surface area contributed by atoms with Gasteiger partial charge in [-0.3, -0.25) is 14.9 Å². The fourth-order valence-corrected chi connectivity index (χ4v) is 7.66. The second-order valence-electron chi connectivity index (χ2n) is 18.3. The minimum Gasteiger partial charge on any atom is -0.465 e. The monoisotopic (exact) mass is 924 g/mol. The fraction of sp³-hybridized carbons (Fsp3) is 0.744. The van der Waals surface area contributed by atoms with Crippen LogP contribution in [0.3, 0.4) is 0 Å². The van der Waals surface area contributed by atoms with Crippen LogP contribution in [0.2, 0.25) is 0 Å². The summed E-state index contributed by atoms with van der Waals surface area (Å²) in [6, 6.07) is -0.201. The summed E-state index contributed by atoms with van der Waals surface area (Å²) in [7, 11) is 0.725. The quantitative estimate of drug-likeness (QED) is 0.117. The summed E-state index contributed by atoms with van der Waals surface area (Å²) in [6.07, 6.45) is -20.2. The highest BCUT2D eigenvalue weighted by molar-refractivity contribution is 5.82. The normalized spacial score (nSPS) is 31.3. The van der Waals surface area contributed by atoms with Crippen molar-refractivity contribution in [1.82, 2.24) is 20.4 Å². The number of benzene rings is 1. The van der Waals surface area contributed by atoms with Crippen LogP contribution in [0, 0.1) is 10.1 Å². The van der Waals surface area contributed by atoms with E-state index in [1.54, 1.807) is 41.5 Å². The molecule has 0 aromatic heterocycles. The first-order valence-corrected chi connectivity index (χ1v) is 20.3. The number of amides is 4. The molecule has 0 spiro atoms. The van der Waals surface area contributed by atoms with Gasteiger partial charge < -0.3 is 75.0 Å². The van der Waals surface area contributed by atoms with Gasteiger partial charge in [0, 0.05) is 31.8 Å². The predicted molar refractivity (Wildman–Crippen MR) is 213 cm³/mol. The Balaban J connectivity index is 1.66. The first-order chi connectivity index (χ1) is 29.4. The zero-order chi connectivity index (χ0) is 48.3. The third kappa shape index (κ3) is 13.9. The van der Waals surface area contributed by atoms with E-state index in [9.17, 15) is 62.9 Å². The number of carbonyl (C=O) groups is 4. The van der Waals surface area contributed by atoms with Crippen LogP contribution in [-0.2, 0) is 39.8 Å². The number of nitrogens with zero attached hydrogens (tertiary/aromatic N) is 3. The van der Waals surface area contributed by atoms with Crippen molar-refractivity contribution in [3.05, 3.63) is 39.9 Å². The molecule has 1 saturated carbocycles. The van der Waals surface area contributed by atoms with Gasteiger partial charge in [0.15, 0.2) is 12.6 Å². The molecule has 362 valence electrons. The summed E-state index contributed by atoms with van der Waals surface area (Å²) in [4.78, 5) is 62.5. The molecule has 1 aromatic carbocycles. The molecule has 1 aromatic rings. The molecule has 2 aliphatic heterocycles. The van der Waals surface area contributed by atoms with Gasteiger partial charge in [-0.2, -0.15) is 13.2 Å². The fourth-order valence-electron chi connectivity index (χ4n) is 7.66. The van der Waals surface area contributed by atoms with E-state index in [-0.39, 0.29) is 42.9 Å². The second kappa shape index (κ2) is 20.3. The molecule has 4 amide bonds. The molecular weight excluding hydrogens is 865 g/mol. The van der Waals surface area contributed by atoms with E-state index < -0.39 is 126 Å². The lowest BCUT2D eigenvalue weighted by Gasteiger charge is -2.50. The van der Waals surface area contributed by atoms with E-state index in [1.165, 1.54) is 24.3 Å². The summed E-state index contributed by atoms with van der Waals surface area (Å²) >= 11 is 0. The van der Waals surface area contributed by atoms with Gasteiger partial charge in [0.05, 0.1) is 42.3 Å². The predicted octanol–water partition coefficient (Wildman–Crippen LogP) is 2.09. The molecule has 0 bridgehead atoms. The molecule has 3 aliphatic rings. The van der Waals surface area contributed by atoms with E-state index in [4.69, 9.17) is 34.2 Å². The van der Waals surface area contributed by atoms with Crippen molar-refractivity contribution in [1.29, 1.82) is 0 Å². The molecule has 2 saturated heterocycles. The van der Waals surface area contributed by atoms with Crippen molar-refractivity contribution in [3.63, 3.8) is 0 Å². The Morgan fingerprint density at radius 1 is 0.922 bits per heavy atom. The largest absolute Gasteiger partial charge is 0.471 e. The van der Waals surface area contributed by atoms with Gasteiger partial charge >= 0.3 is 30.4 Å². The lowest BCUT2D eigenvalue weighted by Crippen LogP contribution is -2.70. The Kier molecular flexibility index (Phi) is 16.5. The number of ether oxygens (including phenoxy) is 6. The number of aliphatic hydroxyl groups excluding tert-OH is 2. The summed E-state index contributed by atoms with van der Waals surface area (Å²) in [5, 5.41) is 60.8. The van der Waals surface area contributed by atoms with Crippen LogP contribution in [-0.4, -0.2) is 170 Å². The highest BCUT2D eigenvalue weighted by Crippen LogP contribution is 2.35. The molecule has 8 N–H and O–H groups in total. The zero-order valence-corrected chi connectivity index (χ0v) is 36.6. The van der Waals surface area contributed by atoms with E-state index >= 15 is 0 Å². The molecule has 1 aliphatic carbocycles. The number of nitro groups is 1. The first kappa shape index (κ1) is 52.0. The number of aliphatic hydroxyl groups is 3. The Labute approximate surface area is 366 Å². The number of hydrogen-bond donors (Lipinski definition) is 7. The lowest BCUT2D eigenvalue weighted by atomic mass is 9.83.